The summed E-state index contributed by atoms with van der Waals surface area (Å²) in [7, 11) is -0.639. The molecule has 1 amide bonds. The topological polar surface area (TPSA) is 111 Å². The Kier molecular flexibility index (Phi) is 6.30. The van der Waals surface area contributed by atoms with Crippen molar-refractivity contribution in [2.24, 2.45) is 5.73 Å². The van der Waals surface area contributed by atoms with Crippen molar-refractivity contribution in [3.63, 3.8) is 0 Å². The molecule has 0 saturated carbocycles. The van der Waals surface area contributed by atoms with Crippen molar-refractivity contribution in [1.82, 2.24) is 19.1 Å². The van der Waals surface area contributed by atoms with Crippen molar-refractivity contribution in [3.8, 4) is 17.1 Å². The van der Waals surface area contributed by atoms with E-state index < -0.39 is 21.2 Å². The highest BCUT2D eigenvalue weighted by Crippen LogP contribution is 2.31. The first-order chi connectivity index (χ1) is 14.1. The number of benzene rings is 2. The minimum atomic E-state index is -3.61. The van der Waals surface area contributed by atoms with Gasteiger partial charge < -0.3 is 5.73 Å². The predicted molar refractivity (Wildman–Crippen MR) is 117 cm³/mol. The molecule has 0 bridgehead atoms. The second-order valence-corrected chi connectivity index (χ2v) is 10.4. The predicted octanol–water partition coefficient (Wildman–Crippen LogP) is 2.46. The number of primary amides is 1. The van der Waals surface area contributed by atoms with Crippen molar-refractivity contribution in [3.05, 3.63) is 54.1 Å². The molecule has 1 aromatic heterocycles. The standard InChI is InChI=1S/C20H23N5O3S2/c1-13-7-5-9-16(11-13)25-19(22-23-20(25)29-14(2)18(21)26)15-8-6-10-17(12-15)30(27,28)24(3)4/h5-12,14H,1-4H3,(H2,21,26)/t14-/m1/s1. The maximum absolute atomic E-state index is 12.6. The van der Waals surface area contributed by atoms with Gasteiger partial charge in [0, 0.05) is 25.3 Å². The van der Waals surface area contributed by atoms with Crippen LogP contribution in [-0.2, 0) is 14.8 Å². The Morgan fingerprint density at radius 1 is 1.13 bits per heavy atom. The molecule has 3 rings (SSSR count). The number of nitrogens with two attached hydrogens (primary N) is 1. The Balaban J connectivity index is 2.19. The van der Waals surface area contributed by atoms with Crippen molar-refractivity contribution >= 4 is 27.7 Å². The zero-order chi connectivity index (χ0) is 22.1. The molecule has 0 aliphatic heterocycles. The molecule has 0 unspecified atom stereocenters. The third kappa shape index (κ3) is 4.40. The van der Waals surface area contributed by atoms with E-state index in [1.807, 2.05) is 31.2 Å². The number of rotatable bonds is 7. The highest BCUT2D eigenvalue weighted by Gasteiger charge is 2.23. The van der Waals surface area contributed by atoms with E-state index in [4.69, 9.17) is 5.73 Å². The van der Waals surface area contributed by atoms with E-state index in [9.17, 15) is 13.2 Å². The Labute approximate surface area is 180 Å². The fourth-order valence-electron chi connectivity index (χ4n) is 2.76. The Morgan fingerprint density at radius 2 is 1.83 bits per heavy atom. The molecule has 2 N–H and O–H groups in total. The van der Waals surface area contributed by atoms with E-state index in [2.05, 4.69) is 10.2 Å². The van der Waals surface area contributed by atoms with Gasteiger partial charge in [0.1, 0.15) is 0 Å². The summed E-state index contributed by atoms with van der Waals surface area (Å²) in [5, 5.41) is 8.54. The lowest BCUT2D eigenvalue weighted by atomic mass is 10.2. The second-order valence-electron chi connectivity index (χ2n) is 6.96. The summed E-state index contributed by atoms with van der Waals surface area (Å²) in [6.07, 6.45) is 0. The summed E-state index contributed by atoms with van der Waals surface area (Å²) < 4.78 is 28.1. The van der Waals surface area contributed by atoms with E-state index >= 15 is 0 Å². The lowest BCUT2D eigenvalue weighted by molar-refractivity contribution is -0.117. The molecule has 0 spiro atoms. The lowest BCUT2D eigenvalue weighted by Crippen LogP contribution is -2.23. The van der Waals surface area contributed by atoms with Gasteiger partial charge in [-0.15, -0.1) is 10.2 Å². The molecule has 3 aromatic rings. The summed E-state index contributed by atoms with van der Waals surface area (Å²) in [6.45, 7) is 3.67. The van der Waals surface area contributed by atoms with Crippen LogP contribution < -0.4 is 5.73 Å². The Hall–Kier alpha value is -2.69. The molecule has 1 atom stereocenters. The van der Waals surface area contributed by atoms with Gasteiger partial charge >= 0.3 is 0 Å². The summed E-state index contributed by atoms with van der Waals surface area (Å²) in [5.74, 6) is 0.00925. The average molecular weight is 446 g/mol. The van der Waals surface area contributed by atoms with Crippen molar-refractivity contribution in [1.29, 1.82) is 0 Å². The molecule has 0 radical (unpaired) electrons. The van der Waals surface area contributed by atoms with Gasteiger partial charge in [0.25, 0.3) is 0 Å². The molecule has 0 fully saturated rings. The molecule has 158 valence electrons. The minimum absolute atomic E-state index is 0.156. The fraction of sp³-hybridized carbons (Fsp3) is 0.250. The number of thioether (sulfide) groups is 1. The van der Waals surface area contributed by atoms with Crippen LogP contribution in [-0.4, -0.2) is 52.7 Å². The largest absolute Gasteiger partial charge is 0.369 e. The number of carbonyl (C=O) groups excluding carboxylic acids is 1. The fourth-order valence-corrected chi connectivity index (χ4v) is 4.52. The van der Waals surface area contributed by atoms with Crippen LogP contribution in [0.4, 0.5) is 0 Å². The lowest BCUT2D eigenvalue weighted by Gasteiger charge is -2.14. The van der Waals surface area contributed by atoms with Crippen molar-refractivity contribution in [2.75, 3.05) is 14.1 Å². The SMILES string of the molecule is Cc1cccc(-n2c(S[C@H](C)C(N)=O)nnc2-c2cccc(S(=O)(=O)N(C)C)c2)c1. The number of hydrogen-bond acceptors (Lipinski definition) is 6. The molecule has 10 heteroatoms. The number of nitrogens with zero attached hydrogens (tertiary/aromatic N) is 4. The van der Waals surface area contributed by atoms with Crippen LogP contribution in [0, 0.1) is 6.92 Å². The van der Waals surface area contributed by atoms with Gasteiger partial charge in [0.15, 0.2) is 11.0 Å². The van der Waals surface area contributed by atoms with Crippen LogP contribution in [0.3, 0.4) is 0 Å². The first-order valence-electron chi connectivity index (χ1n) is 9.12. The van der Waals surface area contributed by atoms with Gasteiger partial charge in [-0.3, -0.25) is 9.36 Å². The number of amides is 1. The number of hydrogen-bond donors (Lipinski definition) is 1. The minimum Gasteiger partial charge on any atom is -0.369 e. The van der Waals surface area contributed by atoms with E-state index in [0.717, 1.165) is 15.6 Å². The smallest absolute Gasteiger partial charge is 0.242 e. The molecule has 0 aliphatic rings. The molecule has 0 aliphatic carbocycles. The van der Waals surface area contributed by atoms with E-state index in [0.29, 0.717) is 16.5 Å². The number of sulfonamides is 1. The van der Waals surface area contributed by atoms with E-state index in [1.165, 1.54) is 31.9 Å². The van der Waals surface area contributed by atoms with Gasteiger partial charge in [0.2, 0.25) is 15.9 Å². The molecular formula is C20H23N5O3S2. The van der Waals surface area contributed by atoms with Gasteiger partial charge in [0.05, 0.1) is 10.1 Å². The van der Waals surface area contributed by atoms with Crippen LogP contribution in [0.5, 0.6) is 0 Å². The maximum atomic E-state index is 12.6. The summed E-state index contributed by atoms with van der Waals surface area (Å²) in [5.41, 5.74) is 7.85. The van der Waals surface area contributed by atoms with Gasteiger partial charge in [-0.25, -0.2) is 12.7 Å². The molecule has 1 heterocycles. The van der Waals surface area contributed by atoms with Crippen LogP contribution in [0.2, 0.25) is 0 Å². The number of aromatic nitrogens is 3. The molecule has 30 heavy (non-hydrogen) atoms. The summed E-state index contributed by atoms with van der Waals surface area (Å²) in [4.78, 5) is 11.7. The van der Waals surface area contributed by atoms with Crippen LogP contribution in [0.15, 0.2) is 58.6 Å². The van der Waals surface area contributed by atoms with Crippen LogP contribution in [0.1, 0.15) is 12.5 Å². The molecule has 8 nitrogen and oxygen atoms in total. The normalized spacial score (nSPS) is 12.8. The highest BCUT2D eigenvalue weighted by atomic mass is 32.2. The van der Waals surface area contributed by atoms with Crippen LogP contribution in [0.25, 0.3) is 17.1 Å². The van der Waals surface area contributed by atoms with Gasteiger partial charge in [-0.05, 0) is 43.7 Å². The van der Waals surface area contributed by atoms with E-state index in [-0.39, 0.29) is 4.90 Å². The first-order valence-corrected chi connectivity index (χ1v) is 11.4. The van der Waals surface area contributed by atoms with E-state index in [1.54, 1.807) is 29.7 Å². The van der Waals surface area contributed by atoms with Gasteiger partial charge in [-0.1, -0.05) is 36.0 Å². The third-order valence-corrected chi connectivity index (χ3v) is 7.32. The zero-order valence-electron chi connectivity index (χ0n) is 17.1. The molecule has 0 saturated heterocycles. The van der Waals surface area contributed by atoms with Crippen molar-refractivity contribution < 1.29 is 13.2 Å². The monoisotopic (exact) mass is 445 g/mol. The summed E-state index contributed by atoms with van der Waals surface area (Å²) >= 11 is 1.20. The Bertz CT molecular complexity index is 1190. The third-order valence-electron chi connectivity index (χ3n) is 4.45. The number of aryl methyl sites for hydroxylation is 1. The quantitative estimate of drug-likeness (QED) is 0.559. The van der Waals surface area contributed by atoms with Crippen molar-refractivity contribution in [2.45, 2.75) is 29.1 Å². The zero-order valence-corrected chi connectivity index (χ0v) is 18.7. The maximum Gasteiger partial charge on any atom is 0.242 e. The first kappa shape index (κ1) is 22.0. The molecular weight excluding hydrogens is 422 g/mol. The Morgan fingerprint density at radius 3 is 2.47 bits per heavy atom. The molecule has 2 aromatic carbocycles. The van der Waals surface area contributed by atoms with Crippen LogP contribution >= 0.6 is 11.8 Å². The highest BCUT2D eigenvalue weighted by molar-refractivity contribution is 8.00. The number of carbonyl (C=O) groups is 1. The second kappa shape index (κ2) is 8.58. The summed E-state index contributed by atoms with van der Waals surface area (Å²) in [6, 6.07) is 14.3. The van der Waals surface area contributed by atoms with Gasteiger partial charge in [-0.2, -0.15) is 0 Å². The average Bonchev–Trinajstić information content (AvgIpc) is 3.11.